The summed E-state index contributed by atoms with van der Waals surface area (Å²) in [5.41, 5.74) is 12.5. The summed E-state index contributed by atoms with van der Waals surface area (Å²) in [6.07, 6.45) is 0. The predicted molar refractivity (Wildman–Crippen MR) is 192 cm³/mol. The number of fused-ring (bicyclic) bond motifs is 6. The first kappa shape index (κ1) is 27.2. The Morgan fingerprint density at radius 1 is 0.341 bits per heavy atom. The van der Waals surface area contributed by atoms with E-state index in [9.17, 15) is 0 Å². The van der Waals surface area contributed by atoms with Crippen molar-refractivity contribution in [2.24, 2.45) is 0 Å². The minimum atomic E-state index is 1.19. The van der Waals surface area contributed by atoms with Crippen LogP contribution in [0.1, 0.15) is 22.3 Å². The molecule has 0 fully saturated rings. The molecule has 8 aromatic rings. The number of hydrogen-bond acceptors (Lipinski definition) is 2. The van der Waals surface area contributed by atoms with Gasteiger partial charge in [-0.2, -0.15) is 0 Å². The van der Waals surface area contributed by atoms with E-state index in [0.29, 0.717) is 0 Å². The van der Waals surface area contributed by atoms with Gasteiger partial charge in [-0.15, -0.1) is 0 Å². The van der Waals surface area contributed by atoms with Crippen LogP contribution in [0.4, 0.5) is 0 Å². The predicted octanol–water partition coefficient (Wildman–Crippen LogP) is 11.9. The van der Waals surface area contributed by atoms with Crippen LogP contribution >= 0.6 is 21.6 Å². The molecule has 0 aliphatic carbocycles. The number of aromatic nitrogens is 2. The van der Waals surface area contributed by atoms with Crippen LogP contribution in [-0.4, -0.2) is 9.13 Å². The van der Waals surface area contributed by atoms with E-state index in [1.54, 1.807) is 21.6 Å². The first-order valence-electron chi connectivity index (χ1n) is 15.0. The van der Waals surface area contributed by atoms with Crippen LogP contribution in [0.2, 0.25) is 0 Å². The molecule has 0 spiro atoms. The van der Waals surface area contributed by atoms with Gasteiger partial charge in [0.25, 0.3) is 0 Å². The summed E-state index contributed by atoms with van der Waals surface area (Å²) in [5, 5.41) is 5.25. The molecular weight excluding hydrogens is 573 g/mol. The van der Waals surface area contributed by atoms with Gasteiger partial charge in [0.15, 0.2) is 0 Å². The van der Waals surface area contributed by atoms with Crippen molar-refractivity contribution in [1.29, 1.82) is 0 Å². The fourth-order valence-electron chi connectivity index (χ4n) is 6.46. The lowest BCUT2D eigenvalue weighted by atomic mass is 10.1. The lowest BCUT2D eigenvalue weighted by molar-refractivity contribution is 1.17. The Balaban J connectivity index is 1.06. The molecule has 0 bridgehead atoms. The summed E-state index contributed by atoms with van der Waals surface area (Å²) in [6, 6.07) is 45.0. The van der Waals surface area contributed by atoms with Gasteiger partial charge in [0, 0.05) is 42.7 Å². The minimum absolute atomic E-state index is 1.19. The summed E-state index contributed by atoms with van der Waals surface area (Å²) in [7, 11) is 3.61. The Hall–Kier alpha value is -4.38. The Bertz CT molecular complexity index is 2070. The number of hydrogen-bond donors (Lipinski definition) is 0. The van der Waals surface area contributed by atoms with Crippen molar-refractivity contribution in [3.63, 3.8) is 0 Å². The second-order valence-electron chi connectivity index (χ2n) is 11.9. The quantitative estimate of drug-likeness (QED) is 0.181. The fourth-order valence-corrected chi connectivity index (χ4v) is 8.39. The zero-order valence-electron chi connectivity index (χ0n) is 25.3. The van der Waals surface area contributed by atoms with E-state index in [0.717, 1.165) is 0 Å². The van der Waals surface area contributed by atoms with Gasteiger partial charge >= 0.3 is 0 Å². The molecule has 2 aromatic heterocycles. The Morgan fingerprint density at radius 2 is 0.614 bits per heavy atom. The van der Waals surface area contributed by atoms with Crippen LogP contribution in [0.15, 0.2) is 131 Å². The second-order valence-corrected chi connectivity index (χ2v) is 14.2. The van der Waals surface area contributed by atoms with Gasteiger partial charge in [-0.1, -0.05) is 68.1 Å². The molecule has 0 unspecified atom stereocenters. The van der Waals surface area contributed by atoms with Crippen molar-refractivity contribution in [1.82, 2.24) is 9.13 Å². The van der Waals surface area contributed by atoms with Gasteiger partial charge in [0.1, 0.15) is 0 Å². The molecule has 0 atom stereocenters. The van der Waals surface area contributed by atoms with Crippen LogP contribution in [-0.2, 0) is 0 Å². The maximum absolute atomic E-state index is 2.39. The Kier molecular flexibility index (Phi) is 6.58. The van der Waals surface area contributed by atoms with Crippen LogP contribution < -0.4 is 0 Å². The lowest BCUT2D eigenvalue weighted by Crippen LogP contribution is -1.93. The third kappa shape index (κ3) is 4.61. The first-order valence-corrected chi connectivity index (χ1v) is 17.2. The molecule has 0 saturated carbocycles. The van der Waals surface area contributed by atoms with E-state index < -0.39 is 0 Å². The average molecular weight is 605 g/mol. The second kappa shape index (κ2) is 10.7. The van der Waals surface area contributed by atoms with Gasteiger partial charge in [-0.3, -0.25) is 0 Å². The molecule has 0 aliphatic rings. The molecule has 44 heavy (non-hydrogen) atoms. The summed E-state index contributed by atoms with van der Waals surface area (Å²) in [5.74, 6) is 0. The van der Waals surface area contributed by atoms with E-state index in [4.69, 9.17) is 0 Å². The minimum Gasteiger partial charge on any atom is -0.309 e. The van der Waals surface area contributed by atoms with Crippen LogP contribution in [0, 0.1) is 27.7 Å². The Labute approximate surface area is 265 Å². The third-order valence-electron chi connectivity index (χ3n) is 8.58. The van der Waals surface area contributed by atoms with Gasteiger partial charge in [0.05, 0.1) is 22.1 Å². The molecule has 0 radical (unpaired) electrons. The van der Waals surface area contributed by atoms with Gasteiger partial charge in [0.2, 0.25) is 0 Å². The van der Waals surface area contributed by atoms with Crippen LogP contribution in [0.25, 0.3) is 55.0 Å². The zero-order chi connectivity index (χ0) is 29.9. The molecule has 8 rings (SSSR count). The number of benzene rings is 6. The van der Waals surface area contributed by atoms with Gasteiger partial charge < -0.3 is 9.13 Å². The zero-order valence-corrected chi connectivity index (χ0v) is 26.9. The van der Waals surface area contributed by atoms with Gasteiger partial charge in [-0.05, 0) is 125 Å². The monoisotopic (exact) mass is 604 g/mol. The summed E-state index contributed by atoms with van der Waals surface area (Å²) in [4.78, 5) is 2.48. The van der Waals surface area contributed by atoms with E-state index in [1.807, 2.05) is 0 Å². The molecule has 6 aromatic carbocycles. The molecule has 0 saturated heterocycles. The molecule has 4 heteroatoms. The fraction of sp³-hybridized carbons (Fsp3) is 0.100. The molecule has 0 aliphatic heterocycles. The summed E-state index contributed by atoms with van der Waals surface area (Å²) in [6.45, 7) is 8.67. The van der Waals surface area contributed by atoms with Crippen LogP contribution in [0.5, 0.6) is 0 Å². The van der Waals surface area contributed by atoms with Crippen molar-refractivity contribution in [2.45, 2.75) is 37.5 Å². The maximum Gasteiger partial charge on any atom is 0.0541 e. The normalized spacial score (nSPS) is 11.8. The van der Waals surface area contributed by atoms with Crippen molar-refractivity contribution < 1.29 is 0 Å². The summed E-state index contributed by atoms with van der Waals surface area (Å²) >= 11 is 0. The highest BCUT2D eigenvalue weighted by atomic mass is 33.1. The maximum atomic E-state index is 2.39. The molecule has 0 amide bonds. The number of aryl methyl sites for hydroxylation is 4. The van der Waals surface area contributed by atoms with E-state index in [1.165, 1.54) is 87.0 Å². The Morgan fingerprint density at radius 3 is 0.886 bits per heavy atom. The van der Waals surface area contributed by atoms with Crippen molar-refractivity contribution >= 4 is 65.2 Å². The molecule has 214 valence electrons. The van der Waals surface area contributed by atoms with Gasteiger partial charge in [-0.25, -0.2) is 0 Å². The van der Waals surface area contributed by atoms with Crippen molar-refractivity contribution in [3.8, 4) is 11.4 Å². The molecular formula is C40H32N2S2. The van der Waals surface area contributed by atoms with E-state index in [-0.39, 0.29) is 0 Å². The standard InChI is InChI=1S/C40H32N2S2/c1-25-5-17-37-33(21-25)34-22-26(2)6-18-38(34)41(37)29-9-13-31(14-10-29)43-44-32-15-11-30(12-16-32)42-39-19-7-27(3)23-35(39)36-24-28(4)8-20-40(36)42/h5-24H,1-4H3. The van der Waals surface area contributed by atoms with Crippen molar-refractivity contribution in [3.05, 3.63) is 144 Å². The molecule has 0 N–H and O–H groups in total. The molecule has 2 nitrogen and oxygen atoms in total. The highest BCUT2D eigenvalue weighted by molar-refractivity contribution is 8.76. The van der Waals surface area contributed by atoms with Crippen molar-refractivity contribution in [2.75, 3.05) is 0 Å². The topological polar surface area (TPSA) is 9.86 Å². The highest BCUT2D eigenvalue weighted by Crippen LogP contribution is 2.40. The van der Waals surface area contributed by atoms with E-state index >= 15 is 0 Å². The van der Waals surface area contributed by atoms with Crippen LogP contribution in [0.3, 0.4) is 0 Å². The SMILES string of the molecule is Cc1ccc2c(c1)c1cc(C)ccc1n2-c1ccc(SSc2ccc(-n3c4ccc(C)cc4c4cc(C)ccc43)cc2)cc1. The molecule has 2 heterocycles. The first-order chi connectivity index (χ1) is 21.4. The smallest absolute Gasteiger partial charge is 0.0541 e. The number of nitrogens with zero attached hydrogens (tertiary/aromatic N) is 2. The number of rotatable bonds is 5. The highest BCUT2D eigenvalue weighted by Gasteiger charge is 2.14. The average Bonchev–Trinajstić information content (AvgIpc) is 3.52. The largest absolute Gasteiger partial charge is 0.309 e. The lowest BCUT2D eigenvalue weighted by Gasteiger charge is -2.10. The summed E-state index contributed by atoms with van der Waals surface area (Å²) < 4.78 is 4.78. The third-order valence-corrected chi connectivity index (χ3v) is 11.0. The van der Waals surface area contributed by atoms with E-state index in [2.05, 4.69) is 158 Å².